The van der Waals surface area contributed by atoms with Crippen LogP contribution in [0.25, 0.3) is 11.0 Å². The summed E-state index contributed by atoms with van der Waals surface area (Å²) in [5, 5.41) is 9.40. The first-order valence-corrected chi connectivity index (χ1v) is 7.35. The highest BCUT2D eigenvalue weighted by Crippen LogP contribution is 2.22. The van der Waals surface area contributed by atoms with Crippen molar-refractivity contribution in [1.29, 1.82) is 0 Å². The summed E-state index contributed by atoms with van der Waals surface area (Å²) < 4.78 is 7.22. The van der Waals surface area contributed by atoms with E-state index in [1.165, 1.54) is 0 Å². The maximum atomic E-state index is 10.6. The quantitative estimate of drug-likeness (QED) is 0.761. The molecule has 0 aliphatic rings. The number of nitrogens with zero attached hydrogens (tertiary/aromatic N) is 2. The van der Waals surface area contributed by atoms with Gasteiger partial charge in [0.25, 0.3) is 0 Å². The van der Waals surface area contributed by atoms with Gasteiger partial charge in [0.1, 0.15) is 5.82 Å². The fourth-order valence-electron chi connectivity index (χ4n) is 2.36. The number of benzene rings is 1. The van der Waals surface area contributed by atoms with Crippen LogP contribution in [0.3, 0.4) is 0 Å². The largest absolute Gasteiger partial charge is 0.481 e. The molecule has 0 spiro atoms. The van der Waals surface area contributed by atoms with E-state index in [0.29, 0.717) is 24.5 Å². The molecule has 114 valence electrons. The maximum absolute atomic E-state index is 10.6. The lowest BCUT2D eigenvalue weighted by Gasteiger charge is -2.08. The number of methoxy groups -OCH3 is 1. The minimum atomic E-state index is -0.778. The fraction of sp³-hybridized carbons (Fsp3) is 0.467. The smallest absolute Gasteiger partial charge is 0.303 e. The van der Waals surface area contributed by atoms with Gasteiger partial charge < -0.3 is 14.4 Å². The molecule has 1 N–H and O–H groups in total. The number of imidazole rings is 1. The first-order valence-electron chi connectivity index (χ1n) is 6.97. The van der Waals surface area contributed by atoms with Crippen LogP contribution in [0.4, 0.5) is 0 Å². The molecule has 0 fully saturated rings. The summed E-state index contributed by atoms with van der Waals surface area (Å²) in [6, 6.07) is 5.64. The van der Waals surface area contributed by atoms with Crippen LogP contribution in [0.2, 0.25) is 5.02 Å². The topological polar surface area (TPSA) is 64.3 Å². The lowest BCUT2D eigenvalue weighted by molar-refractivity contribution is -0.137. The van der Waals surface area contributed by atoms with Crippen LogP contribution < -0.4 is 0 Å². The summed E-state index contributed by atoms with van der Waals surface area (Å²) in [6.07, 6.45) is 2.26. The van der Waals surface area contributed by atoms with Crippen molar-refractivity contribution in [2.75, 3.05) is 13.7 Å². The van der Waals surface area contributed by atoms with Gasteiger partial charge in [0.15, 0.2) is 0 Å². The van der Waals surface area contributed by atoms with Gasteiger partial charge in [0.2, 0.25) is 0 Å². The molecule has 0 saturated carbocycles. The molecular weight excluding hydrogens is 292 g/mol. The monoisotopic (exact) mass is 310 g/mol. The maximum Gasteiger partial charge on any atom is 0.303 e. The Labute approximate surface area is 128 Å². The SMILES string of the molecule is COCCCn1c(CCCC(=O)O)nc2cc(Cl)ccc21. The first-order chi connectivity index (χ1) is 10.1. The molecule has 1 heterocycles. The molecule has 0 bridgehead atoms. The third-order valence-corrected chi connectivity index (χ3v) is 3.55. The van der Waals surface area contributed by atoms with E-state index in [1.54, 1.807) is 7.11 Å². The first kappa shape index (κ1) is 15.8. The number of carboxylic acid groups (broad SMARTS) is 1. The molecule has 2 rings (SSSR count). The van der Waals surface area contributed by atoms with Gasteiger partial charge in [-0.3, -0.25) is 4.79 Å². The zero-order chi connectivity index (χ0) is 15.2. The Bertz CT molecular complexity index is 625. The number of carbonyl (C=O) groups is 1. The van der Waals surface area contributed by atoms with Crippen molar-refractivity contribution in [2.45, 2.75) is 32.2 Å². The third kappa shape index (κ3) is 4.19. The fourth-order valence-corrected chi connectivity index (χ4v) is 2.52. The summed E-state index contributed by atoms with van der Waals surface area (Å²) in [5.74, 6) is 0.129. The van der Waals surface area contributed by atoms with Crippen LogP contribution >= 0.6 is 11.6 Å². The molecule has 1 aromatic carbocycles. The molecule has 0 aliphatic heterocycles. The highest BCUT2D eigenvalue weighted by Gasteiger charge is 2.11. The van der Waals surface area contributed by atoms with E-state index in [9.17, 15) is 4.79 Å². The number of carboxylic acids is 1. The molecule has 0 saturated heterocycles. The van der Waals surface area contributed by atoms with E-state index >= 15 is 0 Å². The molecule has 2 aromatic rings. The molecule has 5 nitrogen and oxygen atoms in total. The van der Waals surface area contributed by atoms with Crippen LogP contribution in [0, 0.1) is 0 Å². The second-order valence-corrected chi connectivity index (χ2v) is 5.34. The van der Waals surface area contributed by atoms with E-state index in [1.807, 2.05) is 18.2 Å². The Hall–Kier alpha value is -1.59. The summed E-state index contributed by atoms with van der Waals surface area (Å²) in [7, 11) is 1.68. The second kappa shape index (κ2) is 7.43. The lowest BCUT2D eigenvalue weighted by atomic mass is 10.2. The van der Waals surface area contributed by atoms with Crippen molar-refractivity contribution in [1.82, 2.24) is 9.55 Å². The van der Waals surface area contributed by atoms with Gasteiger partial charge >= 0.3 is 5.97 Å². The van der Waals surface area contributed by atoms with Gasteiger partial charge in [-0.05, 0) is 31.0 Å². The van der Waals surface area contributed by atoms with Gasteiger partial charge in [0, 0.05) is 38.1 Å². The van der Waals surface area contributed by atoms with E-state index in [2.05, 4.69) is 9.55 Å². The molecule has 0 radical (unpaired) electrons. The van der Waals surface area contributed by atoms with E-state index in [-0.39, 0.29) is 6.42 Å². The van der Waals surface area contributed by atoms with Gasteiger partial charge in [0.05, 0.1) is 11.0 Å². The molecule has 0 atom stereocenters. The second-order valence-electron chi connectivity index (χ2n) is 4.91. The Balaban J connectivity index is 2.23. The lowest BCUT2D eigenvalue weighted by Crippen LogP contribution is -2.07. The van der Waals surface area contributed by atoms with Crippen LogP contribution in [0.5, 0.6) is 0 Å². The number of fused-ring (bicyclic) bond motifs is 1. The van der Waals surface area contributed by atoms with E-state index in [4.69, 9.17) is 21.4 Å². The zero-order valence-electron chi connectivity index (χ0n) is 12.0. The van der Waals surface area contributed by atoms with Crippen molar-refractivity contribution in [3.8, 4) is 0 Å². The van der Waals surface area contributed by atoms with E-state index < -0.39 is 5.97 Å². The molecule has 21 heavy (non-hydrogen) atoms. The Morgan fingerprint density at radius 1 is 1.43 bits per heavy atom. The van der Waals surface area contributed by atoms with Gasteiger partial charge in [-0.2, -0.15) is 0 Å². The summed E-state index contributed by atoms with van der Waals surface area (Å²) in [5.41, 5.74) is 1.88. The zero-order valence-corrected chi connectivity index (χ0v) is 12.8. The highest BCUT2D eigenvalue weighted by molar-refractivity contribution is 6.31. The molecule has 0 amide bonds. The summed E-state index contributed by atoms with van der Waals surface area (Å²) >= 11 is 6.01. The van der Waals surface area contributed by atoms with Crippen molar-refractivity contribution in [3.63, 3.8) is 0 Å². The Morgan fingerprint density at radius 3 is 2.95 bits per heavy atom. The Kier molecular flexibility index (Phi) is 5.59. The van der Waals surface area contributed by atoms with Crippen molar-refractivity contribution < 1.29 is 14.6 Å². The molecule has 0 unspecified atom stereocenters. The van der Waals surface area contributed by atoms with Crippen molar-refractivity contribution in [2.24, 2.45) is 0 Å². The number of aryl methyl sites for hydroxylation is 2. The minimum absolute atomic E-state index is 0.155. The molecule has 1 aromatic heterocycles. The van der Waals surface area contributed by atoms with Gasteiger partial charge in [-0.1, -0.05) is 11.6 Å². The predicted octanol–water partition coefficient (Wildman–Crippen LogP) is 3.13. The number of halogens is 1. The van der Waals surface area contributed by atoms with Crippen LogP contribution in [0.1, 0.15) is 25.1 Å². The standard InChI is InChI=1S/C15H19ClN2O3/c1-21-9-3-8-18-13-7-6-11(16)10-12(13)17-14(18)4-2-5-15(19)20/h6-7,10H,2-5,8-9H2,1H3,(H,19,20). The number of aliphatic carboxylic acids is 1. The molecular formula is C15H19ClN2O3. The summed E-state index contributed by atoms with van der Waals surface area (Å²) in [6.45, 7) is 1.48. The van der Waals surface area contributed by atoms with Crippen molar-refractivity contribution >= 4 is 28.6 Å². The van der Waals surface area contributed by atoms with Gasteiger partial charge in [-0.25, -0.2) is 4.98 Å². The van der Waals surface area contributed by atoms with Crippen LogP contribution in [0.15, 0.2) is 18.2 Å². The van der Waals surface area contributed by atoms with Crippen LogP contribution in [-0.4, -0.2) is 34.3 Å². The van der Waals surface area contributed by atoms with E-state index in [0.717, 1.165) is 29.8 Å². The molecule has 0 aliphatic carbocycles. The molecule has 6 heteroatoms. The normalized spacial score (nSPS) is 11.1. The predicted molar refractivity (Wildman–Crippen MR) is 81.8 cm³/mol. The van der Waals surface area contributed by atoms with Crippen LogP contribution in [-0.2, 0) is 22.5 Å². The number of aromatic nitrogens is 2. The van der Waals surface area contributed by atoms with Crippen molar-refractivity contribution in [3.05, 3.63) is 29.0 Å². The average molecular weight is 311 g/mol. The number of hydrogen-bond acceptors (Lipinski definition) is 3. The number of rotatable bonds is 8. The minimum Gasteiger partial charge on any atom is -0.481 e. The Morgan fingerprint density at radius 2 is 2.24 bits per heavy atom. The average Bonchev–Trinajstić information content (AvgIpc) is 2.76. The summed E-state index contributed by atoms with van der Waals surface area (Å²) in [4.78, 5) is 15.2. The third-order valence-electron chi connectivity index (χ3n) is 3.31. The highest BCUT2D eigenvalue weighted by atomic mass is 35.5. The number of ether oxygens (including phenoxy) is 1. The number of hydrogen-bond donors (Lipinski definition) is 1. The van der Waals surface area contributed by atoms with Gasteiger partial charge in [-0.15, -0.1) is 0 Å².